The maximum absolute atomic E-state index is 13.1. The van der Waals surface area contributed by atoms with Crippen molar-refractivity contribution in [3.05, 3.63) is 81.6 Å². The lowest BCUT2D eigenvalue weighted by Gasteiger charge is -2.19. The number of aromatic nitrogens is 1. The van der Waals surface area contributed by atoms with E-state index in [0.717, 1.165) is 16.6 Å². The number of ketones is 2. The molecule has 0 bridgehead atoms. The SMILES string of the molecule is Cc1[nH]c2ccccc2c1C1=C(Cl)C(=O)C(NCCOc2ccccc2)=C(Cl)C1=O. The molecule has 0 aliphatic heterocycles. The van der Waals surface area contributed by atoms with E-state index < -0.39 is 11.6 Å². The molecule has 30 heavy (non-hydrogen) atoms. The second kappa shape index (κ2) is 8.38. The molecule has 2 aromatic carbocycles. The number of nitrogens with one attached hydrogen (secondary N) is 2. The number of ether oxygens (including phenoxy) is 1. The highest BCUT2D eigenvalue weighted by molar-refractivity contribution is 6.63. The first kappa shape index (κ1) is 20.3. The number of carbonyl (C=O) groups excluding carboxylic acids is 2. The van der Waals surface area contributed by atoms with Crippen LogP contribution in [0.4, 0.5) is 0 Å². The number of allylic oxidation sites excluding steroid dienone is 3. The summed E-state index contributed by atoms with van der Waals surface area (Å²) in [6, 6.07) is 16.8. The highest BCUT2D eigenvalue weighted by Gasteiger charge is 2.35. The van der Waals surface area contributed by atoms with Crippen LogP contribution < -0.4 is 10.1 Å². The van der Waals surface area contributed by atoms with E-state index in [-0.39, 0.29) is 34.5 Å². The number of carbonyl (C=O) groups is 2. The van der Waals surface area contributed by atoms with Gasteiger partial charge >= 0.3 is 0 Å². The van der Waals surface area contributed by atoms with Crippen molar-refractivity contribution < 1.29 is 14.3 Å². The Bertz CT molecular complexity index is 1210. The second-order valence-electron chi connectivity index (χ2n) is 6.80. The first-order valence-corrected chi connectivity index (χ1v) is 10.1. The highest BCUT2D eigenvalue weighted by Crippen LogP contribution is 2.38. The Morgan fingerprint density at radius 2 is 1.63 bits per heavy atom. The fourth-order valence-corrected chi connectivity index (χ4v) is 4.01. The van der Waals surface area contributed by atoms with Gasteiger partial charge in [-0.1, -0.05) is 59.6 Å². The third-order valence-electron chi connectivity index (χ3n) is 4.85. The number of halogens is 2. The standard InChI is InChI=1S/C23H18Cl2N2O3/c1-13-17(15-9-5-6-10-16(15)27-13)18-19(24)23(29)21(20(25)22(18)28)26-11-12-30-14-7-3-2-4-8-14/h2-10,26-27H,11-12H2,1H3. The molecule has 4 rings (SSSR count). The third kappa shape index (κ3) is 3.62. The van der Waals surface area contributed by atoms with Gasteiger partial charge in [0.1, 0.15) is 28.1 Å². The minimum absolute atomic E-state index is 0.00965. The summed E-state index contributed by atoms with van der Waals surface area (Å²) in [5.74, 6) is -0.290. The first-order valence-electron chi connectivity index (χ1n) is 9.37. The summed E-state index contributed by atoms with van der Waals surface area (Å²) in [7, 11) is 0. The number of para-hydroxylation sites is 2. The van der Waals surface area contributed by atoms with Crippen molar-refractivity contribution in [2.75, 3.05) is 13.2 Å². The van der Waals surface area contributed by atoms with E-state index >= 15 is 0 Å². The van der Waals surface area contributed by atoms with Gasteiger partial charge in [0.15, 0.2) is 0 Å². The number of rotatable bonds is 6. The average molecular weight is 441 g/mol. The van der Waals surface area contributed by atoms with Crippen molar-refractivity contribution in [2.45, 2.75) is 6.92 Å². The van der Waals surface area contributed by atoms with Crippen molar-refractivity contribution in [1.29, 1.82) is 0 Å². The van der Waals surface area contributed by atoms with Crippen LogP contribution in [0.15, 0.2) is 70.4 Å². The number of aromatic amines is 1. The molecule has 5 nitrogen and oxygen atoms in total. The normalized spacial score (nSPS) is 14.6. The lowest BCUT2D eigenvalue weighted by atomic mass is 9.92. The van der Waals surface area contributed by atoms with Crippen molar-refractivity contribution in [3.63, 3.8) is 0 Å². The summed E-state index contributed by atoms with van der Waals surface area (Å²) in [6.07, 6.45) is 0. The predicted octanol–water partition coefficient (Wildman–Crippen LogP) is 4.70. The lowest BCUT2D eigenvalue weighted by Crippen LogP contribution is -2.31. The minimum Gasteiger partial charge on any atom is -0.492 e. The van der Waals surface area contributed by atoms with E-state index in [0.29, 0.717) is 11.3 Å². The van der Waals surface area contributed by atoms with Crippen LogP contribution in [0.2, 0.25) is 0 Å². The molecule has 3 aromatic rings. The first-order chi connectivity index (χ1) is 14.5. The summed E-state index contributed by atoms with van der Waals surface area (Å²) in [5.41, 5.74) is 2.29. The zero-order valence-electron chi connectivity index (χ0n) is 16.1. The van der Waals surface area contributed by atoms with Crippen LogP contribution in [0.25, 0.3) is 16.5 Å². The molecule has 0 saturated heterocycles. The van der Waals surface area contributed by atoms with E-state index in [1.165, 1.54) is 0 Å². The third-order valence-corrected chi connectivity index (χ3v) is 5.57. The Balaban J connectivity index is 1.57. The van der Waals surface area contributed by atoms with E-state index in [2.05, 4.69) is 10.3 Å². The van der Waals surface area contributed by atoms with Crippen LogP contribution in [-0.4, -0.2) is 29.7 Å². The Morgan fingerprint density at radius 3 is 2.40 bits per heavy atom. The minimum atomic E-state index is -0.513. The van der Waals surface area contributed by atoms with Gasteiger partial charge in [0.05, 0.1) is 5.57 Å². The van der Waals surface area contributed by atoms with Gasteiger partial charge in [0, 0.05) is 28.7 Å². The Hall–Kier alpha value is -3.02. The van der Waals surface area contributed by atoms with Crippen LogP contribution in [0, 0.1) is 6.92 Å². The summed E-state index contributed by atoms with van der Waals surface area (Å²) in [4.78, 5) is 29.2. The van der Waals surface area contributed by atoms with Gasteiger partial charge in [-0.25, -0.2) is 0 Å². The van der Waals surface area contributed by atoms with Crippen LogP contribution in [0.3, 0.4) is 0 Å². The van der Waals surface area contributed by atoms with Crippen molar-refractivity contribution in [2.24, 2.45) is 0 Å². The molecule has 0 spiro atoms. The topological polar surface area (TPSA) is 71.2 Å². The fourth-order valence-electron chi connectivity index (χ4n) is 3.49. The number of aryl methyl sites for hydroxylation is 1. The zero-order chi connectivity index (χ0) is 21.3. The number of benzene rings is 2. The number of hydrogen-bond donors (Lipinski definition) is 2. The Morgan fingerprint density at radius 1 is 0.933 bits per heavy atom. The van der Waals surface area contributed by atoms with Crippen molar-refractivity contribution >= 4 is 51.2 Å². The maximum atomic E-state index is 13.1. The number of hydrogen-bond acceptors (Lipinski definition) is 4. The van der Waals surface area contributed by atoms with Crippen LogP contribution in [0.1, 0.15) is 11.3 Å². The van der Waals surface area contributed by atoms with Gasteiger partial charge in [-0.2, -0.15) is 0 Å². The van der Waals surface area contributed by atoms with E-state index in [1.54, 1.807) is 0 Å². The fraction of sp³-hybridized carbons (Fsp3) is 0.130. The number of fused-ring (bicyclic) bond motifs is 1. The van der Waals surface area contributed by atoms with Gasteiger partial charge in [-0.3, -0.25) is 9.59 Å². The largest absolute Gasteiger partial charge is 0.492 e. The van der Waals surface area contributed by atoms with Crippen LogP contribution >= 0.6 is 23.2 Å². The van der Waals surface area contributed by atoms with Crippen LogP contribution in [0.5, 0.6) is 5.75 Å². The summed E-state index contributed by atoms with van der Waals surface area (Å²) >= 11 is 12.7. The molecule has 0 amide bonds. The van der Waals surface area contributed by atoms with Crippen molar-refractivity contribution in [1.82, 2.24) is 10.3 Å². The van der Waals surface area contributed by atoms with Gasteiger partial charge in [0.25, 0.3) is 0 Å². The quantitative estimate of drug-likeness (QED) is 0.430. The van der Waals surface area contributed by atoms with Gasteiger partial charge in [-0.05, 0) is 25.1 Å². The molecule has 1 aliphatic carbocycles. The molecule has 0 radical (unpaired) electrons. The average Bonchev–Trinajstić information content (AvgIpc) is 3.08. The zero-order valence-corrected chi connectivity index (χ0v) is 17.6. The molecule has 152 valence electrons. The molecule has 0 fully saturated rings. The summed E-state index contributed by atoms with van der Waals surface area (Å²) in [5, 5.41) is 3.38. The molecule has 0 saturated carbocycles. The molecule has 1 heterocycles. The maximum Gasteiger partial charge on any atom is 0.222 e. The van der Waals surface area contributed by atoms with E-state index in [4.69, 9.17) is 27.9 Å². The Kier molecular flexibility index (Phi) is 5.66. The Labute approximate surface area is 183 Å². The highest BCUT2D eigenvalue weighted by atomic mass is 35.5. The molecule has 0 atom stereocenters. The molecular weight excluding hydrogens is 423 g/mol. The van der Waals surface area contributed by atoms with Crippen LogP contribution in [-0.2, 0) is 9.59 Å². The lowest BCUT2D eigenvalue weighted by molar-refractivity contribution is -0.114. The predicted molar refractivity (Wildman–Crippen MR) is 119 cm³/mol. The van der Waals surface area contributed by atoms with Crippen molar-refractivity contribution in [3.8, 4) is 5.75 Å². The molecule has 2 N–H and O–H groups in total. The summed E-state index contributed by atoms with van der Waals surface area (Å²) in [6.45, 7) is 2.40. The van der Waals surface area contributed by atoms with Gasteiger partial charge < -0.3 is 15.0 Å². The molecular formula is C23H18Cl2N2O3. The smallest absolute Gasteiger partial charge is 0.222 e. The molecule has 1 aromatic heterocycles. The second-order valence-corrected chi connectivity index (χ2v) is 7.55. The molecule has 1 aliphatic rings. The van der Waals surface area contributed by atoms with Gasteiger partial charge in [0.2, 0.25) is 11.6 Å². The van der Waals surface area contributed by atoms with E-state index in [1.807, 2.05) is 61.5 Å². The summed E-state index contributed by atoms with van der Waals surface area (Å²) < 4.78 is 5.59. The number of H-pyrrole nitrogens is 1. The number of Topliss-reactive ketones (excluding diaryl/α,β-unsaturated/α-hetero) is 2. The van der Waals surface area contributed by atoms with Gasteiger partial charge in [-0.15, -0.1) is 0 Å². The molecule has 7 heteroatoms. The monoisotopic (exact) mass is 440 g/mol. The van der Waals surface area contributed by atoms with E-state index in [9.17, 15) is 9.59 Å². The molecule has 0 unspecified atom stereocenters.